The number of nitrogens with one attached hydrogen (secondary N) is 2. The van der Waals surface area contributed by atoms with E-state index in [0.717, 1.165) is 5.56 Å². The molecule has 0 saturated heterocycles. The minimum absolute atomic E-state index is 0.0446. The molecule has 0 aliphatic heterocycles. The fraction of sp³-hybridized carbons (Fsp3) is 0.480. The van der Waals surface area contributed by atoms with Crippen LogP contribution in [0.1, 0.15) is 55.4 Å². The summed E-state index contributed by atoms with van der Waals surface area (Å²) in [5.74, 6) is -0.876. The molecule has 10 heteroatoms. The van der Waals surface area contributed by atoms with E-state index >= 15 is 0 Å². The van der Waals surface area contributed by atoms with Gasteiger partial charge in [0.15, 0.2) is 0 Å². The van der Waals surface area contributed by atoms with E-state index in [9.17, 15) is 35.5 Å². The van der Waals surface area contributed by atoms with Crippen LogP contribution in [-0.2, 0) is 30.2 Å². The van der Waals surface area contributed by atoms with Gasteiger partial charge >= 0.3 is 12.4 Å². The van der Waals surface area contributed by atoms with Crippen LogP contribution < -0.4 is 10.6 Å². The number of alkyl halides is 6. The molecule has 35 heavy (non-hydrogen) atoms. The molecule has 0 spiro atoms. The molecular formula is C25H27F7N2O. The molecule has 1 aliphatic carbocycles. The fourth-order valence-electron chi connectivity index (χ4n) is 4.63. The Morgan fingerprint density at radius 3 is 2.14 bits per heavy atom. The number of hydrogen-bond acceptors (Lipinski definition) is 2. The van der Waals surface area contributed by atoms with Gasteiger partial charge in [-0.3, -0.25) is 4.79 Å². The Bertz CT molecular complexity index is 1020. The summed E-state index contributed by atoms with van der Waals surface area (Å²) in [5, 5.41) is 5.89. The average Bonchev–Trinajstić information content (AvgIpc) is 3.21. The van der Waals surface area contributed by atoms with E-state index in [4.69, 9.17) is 0 Å². The Balaban J connectivity index is 1.70. The lowest BCUT2D eigenvalue weighted by Crippen LogP contribution is -2.43. The molecule has 1 saturated carbocycles. The van der Waals surface area contributed by atoms with Crippen LogP contribution in [0.15, 0.2) is 42.5 Å². The molecule has 3 rings (SSSR count). The Labute approximate surface area is 199 Å². The van der Waals surface area contributed by atoms with E-state index in [1.165, 1.54) is 12.1 Å². The minimum Gasteiger partial charge on any atom is -0.352 e. The smallest absolute Gasteiger partial charge is 0.352 e. The van der Waals surface area contributed by atoms with Crippen LogP contribution >= 0.6 is 0 Å². The van der Waals surface area contributed by atoms with Crippen LogP contribution in [0.4, 0.5) is 30.7 Å². The molecule has 0 aromatic heterocycles. The molecule has 0 heterocycles. The monoisotopic (exact) mass is 504 g/mol. The first-order chi connectivity index (χ1) is 16.2. The molecule has 1 aliphatic rings. The van der Waals surface area contributed by atoms with Gasteiger partial charge in [0.2, 0.25) is 5.91 Å². The van der Waals surface area contributed by atoms with Gasteiger partial charge in [0.1, 0.15) is 5.82 Å². The number of halogens is 7. The lowest BCUT2D eigenvalue weighted by Gasteiger charge is -2.32. The van der Waals surface area contributed by atoms with Crippen LogP contribution in [0, 0.1) is 17.2 Å². The highest BCUT2D eigenvalue weighted by Gasteiger charge is 2.47. The van der Waals surface area contributed by atoms with Crippen molar-refractivity contribution >= 4 is 5.91 Å². The highest BCUT2D eigenvalue weighted by atomic mass is 19.4. The summed E-state index contributed by atoms with van der Waals surface area (Å²) in [6.07, 6.45) is -8.30. The maximum absolute atomic E-state index is 13.4. The quantitative estimate of drug-likeness (QED) is 0.425. The first-order valence-corrected chi connectivity index (χ1v) is 11.3. The summed E-state index contributed by atoms with van der Waals surface area (Å²) in [6.45, 7) is 3.67. The van der Waals surface area contributed by atoms with Crippen LogP contribution in [0.5, 0.6) is 0 Å². The maximum atomic E-state index is 13.4. The Morgan fingerprint density at radius 1 is 0.971 bits per heavy atom. The Hall–Kier alpha value is -2.62. The van der Waals surface area contributed by atoms with Gasteiger partial charge in [0.25, 0.3) is 0 Å². The highest BCUT2D eigenvalue weighted by molar-refractivity contribution is 5.83. The van der Waals surface area contributed by atoms with Crippen LogP contribution in [-0.4, -0.2) is 11.9 Å². The van der Waals surface area contributed by atoms with Gasteiger partial charge in [-0.05, 0) is 66.6 Å². The molecule has 2 N–H and O–H groups in total. The van der Waals surface area contributed by atoms with E-state index in [2.05, 4.69) is 10.6 Å². The topological polar surface area (TPSA) is 41.1 Å². The predicted octanol–water partition coefficient (Wildman–Crippen LogP) is 6.46. The number of rotatable bonds is 7. The van der Waals surface area contributed by atoms with Crippen molar-refractivity contribution in [2.45, 2.75) is 64.6 Å². The van der Waals surface area contributed by atoms with E-state index in [1.54, 1.807) is 12.1 Å². The van der Waals surface area contributed by atoms with Gasteiger partial charge in [-0.25, -0.2) is 4.39 Å². The van der Waals surface area contributed by atoms with E-state index in [0.29, 0.717) is 37.9 Å². The van der Waals surface area contributed by atoms with Gasteiger partial charge in [0.05, 0.1) is 16.5 Å². The molecule has 0 unspecified atom stereocenters. The van der Waals surface area contributed by atoms with E-state index in [1.807, 2.05) is 13.8 Å². The van der Waals surface area contributed by atoms with Crippen molar-refractivity contribution in [2.24, 2.45) is 11.3 Å². The van der Waals surface area contributed by atoms with Gasteiger partial charge < -0.3 is 10.6 Å². The fourth-order valence-corrected chi connectivity index (χ4v) is 4.63. The molecule has 1 amide bonds. The zero-order valence-electron chi connectivity index (χ0n) is 19.3. The highest BCUT2D eigenvalue weighted by Crippen LogP contribution is 2.45. The lowest BCUT2D eigenvalue weighted by atomic mass is 9.74. The summed E-state index contributed by atoms with van der Waals surface area (Å²) in [5.41, 5.74) is -3.19. The number of benzene rings is 2. The third-order valence-electron chi connectivity index (χ3n) is 6.69. The second kappa shape index (κ2) is 10.2. The van der Waals surface area contributed by atoms with Crippen molar-refractivity contribution in [1.29, 1.82) is 0 Å². The summed E-state index contributed by atoms with van der Waals surface area (Å²) in [7, 11) is 0. The Kier molecular flexibility index (Phi) is 7.83. The standard InChI is InChI=1S/C25H27F7N2O/c1-15(2)23(7-6-21(12-23)33-13-16-4-3-5-20(26)10-16)22(35)34-14-17-8-18(24(27,28)29)11-19(9-17)25(30,31)32/h3-5,8-11,15,21,33H,6-7,12-14H2,1-2H3,(H,34,35)/t21-,23+/m1/s1. The lowest BCUT2D eigenvalue weighted by molar-refractivity contribution is -0.143. The van der Waals surface area contributed by atoms with Crippen molar-refractivity contribution < 1.29 is 35.5 Å². The molecule has 0 bridgehead atoms. The summed E-state index contributed by atoms with van der Waals surface area (Å²) < 4.78 is 92.2. The largest absolute Gasteiger partial charge is 0.416 e. The summed E-state index contributed by atoms with van der Waals surface area (Å²) in [6, 6.07) is 7.39. The van der Waals surface area contributed by atoms with Gasteiger partial charge in [-0.2, -0.15) is 26.3 Å². The first-order valence-electron chi connectivity index (χ1n) is 11.3. The third-order valence-corrected chi connectivity index (χ3v) is 6.69. The van der Waals surface area contributed by atoms with E-state index < -0.39 is 41.3 Å². The second-order valence-corrected chi connectivity index (χ2v) is 9.36. The van der Waals surface area contributed by atoms with Crippen LogP contribution in [0.2, 0.25) is 0 Å². The molecule has 2 aromatic rings. The van der Waals surface area contributed by atoms with Gasteiger partial charge in [-0.15, -0.1) is 0 Å². The van der Waals surface area contributed by atoms with E-state index in [-0.39, 0.29) is 29.4 Å². The molecular weight excluding hydrogens is 477 g/mol. The SMILES string of the molecule is CC(C)[C@]1(C(=O)NCc2cc(C(F)(F)F)cc(C(F)(F)F)c2)CC[C@@H](NCc2cccc(F)c2)C1. The molecule has 1 fully saturated rings. The van der Waals surface area contributed by atoms with Crippen molar-refractivity contribution in [3.63, 3.8) is 0 Å². The van der Waals surface area contributed by atoms with Crippen molar-refractivity contribution in [1.82, 2.24) is 10.6 Å². The average molecular weight is 504 g/mol. The number of amides is 1. The normalized spacial score (nSPS) is 20.9. The van der Waals surface area contributed by atoms with Crippen LogP contribution in [0.3, 0.4) is 0 Å². The van der Waals surface area contributed by atoms with Crippen molar-refractivity contribution in [2.75, 3.05) is 0 Å². The van der Waals surface area contributed by atoms with Crippen molar-refractivity contribution in [3.05, 3.63) is 70.5 Å². The van der Waals surface area contributed by atoms with Gasteiger partial charge in [0, 0.05) is 19.1 Å². The number of carbonyl (C=O) groups excluding carboxylic acids is 1. The first kappa shape index (κ1) is 27.0. The molecule has 0 radical (unpaired) electrons. The predicted molar refractivity (Wildman–Crippen MR) is 116 cm³/mol. The van der Waals surface area contributed by atoms with Crippen molar-refractivity contribution in [3.8, 4) is 0 Å². The van der Waals surface area contributed by atoms with Gasteiger partial charge in [-0.1, -0.05) is 26.0 Å². The molecule has 2 atom stereocenters. The maximum Gasteiger partial charge on any atom is 0.416 e. The summed E-state index contributed by atoms with van der Waals surface area (Å²) >= 11 is 0. The minimum atomic E-state index is -4.95. The second-order valence-electron chi connectivity index (χ2n) is 9.36. The number of hydrogen-bond donors (Lipinski definition) is 2. The molecule has 192 valence electrons. The summed E-state index contributed by atoms with van der Waals surface area (Å²) in [4.78, 5) is 13.2. The third kappa shape index (κ3) is 6.54. The molecule has 3 nitrogen and oxygen atoms in total. The zero-order chi connectivity index (χ0) is 26.0. The number of carbonyl (C=O) groups is 1. The Morgan fingerprint density at radius 2 is 1.60 bits per heavy atom. The van der Waals surface area contributed by atoms with Crippen LogP contribution in [0.25, 0.3) is 0 Å². The zero-order valence-corrected chi connectivity index (χ0v) is 19.3. The molecule has 2 aromatic carbocycles.